The topological polar surface area (TPSA) is 27.7 Å². The highest BCUT2D eigenvalue weighted by atomic mass is 16.9. The van der Waals surface area contributed by atoms with E-state index < -0.39 is 6.48 Å². The Morgan fingerprint density at radius 3 is 2.93 bits per heavy atom. The quantitative estimate of drug-likeness (QED) is 0.736. The number of benzene rings is 1. The van der Waals surface area contributed by atoms with Gasteiger partial charge in [0.05, 0.1) is 6.61 Å². The van der Waals surface area contributed by atoms with Gasteiger partial charge in [-0.2, -0.15) is 0 Å². The fourth-order valence-electron chi connectivity index (χ4n) is 1.28. The molecule has 14 heavy (non-hydrogen) atoms. The van der Waals surface area contributed by atoms with Crippen molar-refractivity contribution in [2.24, 2.45) is 0 Å². The maximum atomic E-state index is 5.40. The van der Waals surface area contributed by atoms with E-state index in [1.54, 1.807) is 6.08 Å². The van der Waals surface area contributed by atoms with Crippen LogP contribution in [0.25, 0.3) is 6.08 Å². The lowest BCUT2D eigenvalue weighted by molar-refractivity contribution is -0.173. The first kappa shape index (κ1) is 9.09. The maximum absolute atomic E-state index is 5.40. The first-order valence-electron chi connectivity index (χ1n) is 4.55. The van der Waals surface area contributed by atoms with Crippen molar-refractivity contribution in [1.29, 1.82) is 0 Å². The Morgan fingerprint density at radius 2 is 2.21 bits per heavy atom. The van der Waals surface area contributed by atoms with E-state index in [2.05, 4.69) is 6.58 Å². The van der Waals surface area contributed by atoms with Crippen LogP contribution in [-0.4, -0.2) is 13.1 Å². The molecule has 3 nitrogen and oxygen atoms in total. The zero-order valence-corrected chi connectivity index (χ0v) is 8.03. The highest BCUT2D eigenvalue weighted by Crippen LogP contribution is 2.35. The molecule has 74 valence electrons. The Balaban J connectivity index is 2.18. The van der Waals surface area contributed by atoms with Crippen LogP contribution in [0.1, 0.15) is 12.5 Å². The lowest BCUT2D eigenvalue weighted by Crippen LogP contribution is -2.21. The molecule has 0 fully saturated rings. The minimum Gasteiger partial charge on any atom is -0.428 e. The van der Waals surface area contributed by atoms with Crippen molar-refractivity contribution in [3.63, 3.8) is 0 Å². The third kappa shape index (κ3) is 1.59. The Labute approximate surface area is 82.9 Å². The summed E-state index contributed by atoms with van der Waals surface area (Å²) in [6, 6.07) is 5.65. The largest absolute Gasteiger partial charge is 0.428 e. The molecule has 2 rings (SSSR count). The molecule has 0 saturated heterocycles. The van der Waals surface area contributed by atoms with Gasteiger partial charge in [0.2, 0.25) is 0 Å². The Morgan fingerprint density at radius 1 is 1.43 bits per heavy atom. The predicted molar refractivity (Wildman–Crippen MR) is 53.2 cm³/mol. The predicted octanol–water partition coefficient (Wildman–Crippen LogP) is 2.42. The van der Waals surface area contributed by atoms with Gasteiger partial charge in [-0.25, -0.2) is 0 Å². The molecule has 1 unspecified atom stereocenters. The molecule has 1 aromatic carbocycles. The van der Waals surface area contributed by atoms with Crippen molar-refractivity contribution in [2.45, 2.75) is 13.4 Å². The summed E-state index contributed by atoms with van der Waals surface area (Å²) in [5, 5.41) is 0. The highest BCUT2D eigenvalue weighted by molar-refractivity contribution is 5.55. The van der Waals surface area contributed by atoms with Crippen LogP contribution in [-0.2, 0) is 4.74 Å². The molecule has 0 spiro atoms. The smallest absolute Gasteiger partial charge is 0.361 e. The van der Waals surface area contributed by atoms with E-state index in [0.29, 0.717) is 18.1 Å². The SMILES string of the molecule is C=Cc1ccc2c(c1)OC(OCC)O2. The molecule has 1 heterocycles. The van der Waals surface area contributed by atoms with Crippen LogP contribution < -0.4 is 9.47 Å². The molecule has 0 saturated carbocycles. The minimum absolute atomic E-state index is 0.562. The molecule has 1 atom stereocenters. The average molecular weight is 192 g/mol. The number of ether oxygens (including phenoxy) is 3. The molecule has 1 aromatic rings. The summed E-state index contributed by atoms with van der Waals surface area (Å²) in [7, 11) is 0. The molecular formula is C11H12O3. The molecular weight excluding hydrogens is 180 g/mol. The van der Waals surface area contributed by atoms with Gasteiger partial charge in [0, 0.05) is 0 Å². The van der Waals surface area contributed by atoms with Crippen LogP contribution >= 0.6 is 0 Å². The number of hydrogen-bond acceptors (Lipinski definition) is 3. The summed E-state index contributed by atoms with van der Waals surface area (Å²) in [4.78, 5) is 0. The lowest BCUT2D eigenvalue weighted by Gasteiger charge is -2.07. The fourth-order valence-corrected chi connectivity index (χ4v) is 1.28. The summed E-state index contributed by atoms with van der Waals surface area (Å²) in [5.74, 6) is 1.43. The molecule has 0 aliphatic carbocycles. The molecule has 1 aliphatic rings. The van der Waals surface area contributed by atoms with Gasteiger partial charge >= 0.3 is 6.48 Å². The van der Waals surface area contributed by atoms with Crippen LogP contribution in [0, 0.1) is 0 Å². The van der Waals surface area contributed by atoms with Crippen molar-refractivity contribution in [1.82, 2.24) is 0 Å². The first-order valence-corrected chi connectivity index (χ1v) is 4.55. The fraction of sp³-hybridized carbons (Fsp3) is 0.273. The van der Waals surface area contributed by atoms with Gasteiger partial charge in [-0.3, -0.25) is 0 Å². The Bertz CT molecular complexity index is 346. The van der Waals surface area contributed by atoms with Crippen LogP contribution in [0.2, 0.25) is 0 Å². The van der Waals surface area contributed by atoms with Gasteiger partial charge in [-0.15, -0.1) is 0 Å². The van der Waals surface area contributed by atoms with E-state index in [1.807, 2.05) is 25.1 Å². The summed E-state index contributed by atoms with van der Waals surface area (Å²) in [6.07, 6.45) is 1.76. The molecule has 1 aliphatic heterocycles. The maximum Gasteiger partial charge on any atom is 0.361 e. The van der Waals surface area contributed by atoms with Crippen molar-refractivity contribution < 1.29 is 14.2 Å². The molecule has 0 aromatic heterocycles. The summed E-state index contributed by atoms with van der Waals surface area (Å²) in [5.41, 5.74) is 1.00. The van der Waals surface area contributed by atoms with Crippen LogP contribution in [0.5, 0.6) is 11.5 Å². The number of fused-ring (bicyclic) bond motifs is 1. The second-order valence-corrected chi connectivity index (χ2v) is 2.89. The van der Waals surface area contributed by atoms with Crippen molar-refractivity contribution in [2.75, 3.05) is 6.61 Å². The second-order valence-electron chi connectivity index (χ2n) is 2.89. The summed E-state index contributed by atoms with van der Waals surface area (Å²) in [6.45, 7) is 5.54. The van der Waals surface area contributed by atoms with E-state index in [-0.39, 0.29) is 0 Å². The number of hydrogen-bond donors (Lipinski definition) is 0. The molecule has 0 radical (unpaired) electrons. The number of rotatable bonds is 3. The van der Waals surface area contributed by atoms with Gasteiger partial charge in [-0.05, 0) is 24.6 Å². The normalized spacial score (nSPS) is 18.2. The van der Waals surface area contributed by atoms with Gasteiger partial charge in [-0.1, -0.05) is 18.7 Å². The van der Waals surface area contributed by atoms with E-state index in [4.69, 9.17) is 14.2 Å². The van der Waals surface area contributed by atoms with E-state index in [1.165, 1.54) is 0 Å². The third-order valence-electron chi connectivity index (χ3n) is 1.95. The molecule has 3 heteroatoms. The zero-order chi connectivity index (χ0) is 9.97. The first-order chi connectivity index (χ1) is 6.83. The van der Waals surface area contributed by atoms with E-state index in [0.717, 1.165) is 5.56 Å². The second kappa shape index (κ2) is 3.72. The van der Waals surface area contributed by atoms with Crippen molar-refractivity contribution >= 4 is 6.08 Å². The minimum atomic E-state index is -0.602. The van der Waals surface area contributed by atoms with Gasteiger partial charge < -0.3 is 14.2 Å². The Hall–Kier alpha value is -1.48. The summed E-state index contributed by atoms with van der Waals surface area (Å²) >= 11 is 0. The van der Waals surface area contributed by atoms with Gasteiger partial charge in [0.25, 0.3) is 0 Å². The lowest BCUT2D eigenvalue weighted by atomic mass is 10.2. The summed E-state index contributed by atoms with van der Waals surface area (Å²) < 4.78 is 16.0. The Kier molecular flexibility index (Phi) is 2.41. The van der Waals surface area contributed by atoms with E-state index >= 15 is 0 Å². The van der Waals surface area contributed by atoms with Gasteiger partial charge in [0.15, 0.2) is 11.5 Å². The van der Waals surface area contributed by atoms with Crippen LogP contribution in [0.3, 0.4) is 0 Å². The van der Waals surface area contributed by atoms with Crippen molar-refractivity contribution in [3.8, 4) is 11.5 Å². The molecule has 0 N–H and O–H groups in total. The molecule has 0 amide bonds. The standard InChI is InChI=1S/C11H12O3/c1-3-8-5-6-9-10(7-8)14-11(13-9)12-4-2/h3,5-7,11H,1,4H2,2H3. The zero-order valence-electron chi connectivity index (χ0n) is 8.03. The average Bonchev–Trinajstić information content (AvgIpc) is 2.59. The van der Waals surface area contributed by atoms with Crippen molar-refractivity contribution in [3.05, 3.63) is 30.3 Å². The van der Waals surface area contributed by atoms with E-state index in [9.17, 15) is 0 Å². The van der Waals surface area contributed by atoms with Crippen LogP contribution in [0.4, 0.5) is 0 Å². The van der Waals surface area contributed by atoms with Crippen LogP contribution in [0.15, 0.2) is 24.8 Å². The molecule has 0 bridgehead atoms. The third-order valence-corrected chi connectivity index (χ3v) is 1.95. The highest BCUT2D eigenvalue weighted by Gasteiger charge is 2.23. The monoisotopic (exact) mass is 192 g/mol. The van der Waals surface area contributed by atoms with Gasteiger partial charge in [0.1, 0.15) is 0 Å².